The summed E-state index contributed by atoms with van der Waals surface area (Å²) >= 11 is 9.98. The summed E-state index contributed by atoms with van der Waals surface area (Å²) in [6, 6.07) is 12.0. The lowest BCUT2D eigenvalue weighted by Crippen LogP contribution is -2.27. The van der Waals surface area contributed by atoms with Crippen molar-refractivity contribution in [1.82, 2.24) is 4.90 Å². The summed E-state index contributed by atoms with van der Waals surface area (Å²) in [4.78, 5) is 14.4. The van der Waals surface area contributed by atoms with Crippen molar-refractivity contribution in [3.63, 3.8) is 0 Å². The summed E-state index contributed by atoms with van der Waals surface area (Å²) in [6.07, 6.45) is 1.81. The van der Waals surface area contributed by atoms with Gasteiger partial charge in [0.05, 0.1) is 9.38 Å². The number of thiocarbonyl (C=S) groups is 1. The molecule has 0 unspecified atom stereocenters. The van der Waals surface area contributed by atoms with E-state index in [2.05, 4.69) is 15.9 Å². The Bertz CT molecular complexity index is 901. The Hall–Kier alpha value is -1.70. The van der Waals surface area contributed by atoms with Crippen molar-refractivity contribution in [3.05, 3.63) is 68.8 Å². The minimum atomic E-state index is -0.293. The van der Waals surface area contributed by atoms with Crippen molar-refractivity contribution >= 4 is 56.2 Å². The summed E-state index contributed by atoms with van der Waals surface area (Å²) in [6.45, 7) is 2.60. The molecule has 134 valence electrons. The number of hydrogen-bond acceptors (Lipinski definition) is 4. The van der Waals surface area contributed by atoms with Crippen molar-refractivity contribution in [1.29, 1.82) is 0 Å². The lowest BCUT2D eigenvalue weighted by Gasteiger charge is -2.10. The molecule has 3 rings (SSSR count). The largest absolute Gasteiger partial charge is 0.488 e. The Labute approximate surface area is 169 Å². The van der Waals surface area contributed by atoms with Gasteiger partial charge >= 0.3 is 0 Å². The van der Waals surface area contributed by atoms with Gasteiger partial charge in [-0.05, 0) is 52.7 Å². The fraction of sp³-hybridized carbons (Fsp3) is 0.158. The molecule has 1 amide bonds. The van der Waals surface area contributed by atoms with Crippen LogP contribution in [0.2, 0.25) is 0 Å². The Morgan fingerprint density at radius 1 is 1.31 bits per heavy atom. The lowest BCUT2D eigenvalue weighted by molar-refractivity contribution is -0.121. The van der Waals surface area contributed by atoms with Crippen molar-refractivity contribution in [2.75, 3.05) is 6.54 Å². The predicted octanol–water partition coefficient (Wildman–Crippen LogP) is 5.39. The van der Waals surface area contributed by atoms with Crippen LogP contribution in [0, 0.1) is 5.82 Å². The normalized spacial score (nSPS) is 15.8. The van der Waals surface area contributed by atoms with Crippen LogP contribution < -0.4 is 4.74 Å². The number of halogens is 2. The van der Waals surface area contributed by atoms with Crippen molar-refractivity contribution in [2.24, 2.45) is 0 Å². The minimum absolute atomic E-state index is 0.0708. The molecule has 1 fully saturated rings. The van der Waals surface area contributed by atoms with Gasteiger partial charge in [-0.2, -0.15) is 0 Å². The smallest absolute Gasteiger partial charge is 0.266 e. The summed E-state index contributed by atoms with van der Waals surface area (Å²) in [5, 5.41) is 0. The van der Waals surface area contributed by atoms with Gasteiger partial charge in [-0.1, -0.05) is 48.2 Å². The highest BCUT2D eigenvalue weighted by Crippen LogP contribution is 2.34. The molecule has 0 bridgehead atoms. The van der Waals surface area contributed by atoms with Crippen LogP contribution in [0.3, 0.4) is 0 Å². The highest BCUT2D eigenvalue weighted by molar-refractivity contribution is 9.10. The molecule has 1 aliphatic heterocycles. The highest BCUT2D eigenvalue weighted by atomic mass is 79.9. The van der Waals surface area contributed by atoms with E-state index >= 15 is 0 Å². The maximum absolute atomic E-state index is 13.7. The Morgan fingerprint density at radius 3 is 2.73 bits per heavy atom. The first kappa shape index (κ1) is 19.1. The maximum Gasteiger partial charge on any atom is 0.266 e. The number of ether oxygens (including phenoxy) is 1. The van der Waals surface area contributed by atoms with E-state index in [9.17, 15) is 9.18 Å². The van der Waals surface area contributed by atoms with Gasteiger partial charge in [0.1, 0.15) is 22.5 Å². The molecule has 1 aliphatic rings. The Kier molecular flexibility index (Phi) is 6.11. The van der Waals surface area contributed by atoms with Crippen LogP contribution in [-0.2, 0) is 11.4 Å². The molecule has 2 aromatic rings. The lowest BCUT2D eigenvalue weighted by atomic mass is 10.2. The molecule has 0 aliphatic carbocycles. The van der Waals surface area contributed by atoms with Gasteiger partial charge in [-0.3, -0.25) is 9.69 Å². The van der Waals surface area contributed by atoms with Gasteiger partial charge in [0.15, 0.2) is 0 Å². The highest BCUT2D eigenvalue weighted by Gasteiger charge is 2.30. The Balaban J connectivity index is 1.74. The van der Waals surface area contributed by atoms with Gasteiger partial charge in [0, 0.05) is 12.1 Å². The van der Waals surface area contributed by atoms with Crippen LogP contribution in [0.5, 0.6) is 5.75 Å². The van der Waals surface area contributed by atoms with Crippen LogP contribution in [0.4, 0.5) is 4.39 Å². The number of benzene rings is 2. The summed E-state index contributed by atoms with van der Waals surface area (Å²) in [5.41, 5.74) is 1.35. The SMILES string of the molecule is CCN1C(=O)/C(=C/c2ccc(OCc3ccccc3F)c(Br)c2)SC1=S. The standard InChI is InChI=1S/C19H15BrFNO2S2/c1-2-22-18(23)17(26-19(22)25)10-12-7-8-16(14(20)9-12)24-11-13-5-3-4-6-15(13)21/h3-10H,2,11H2,1H3/b17-10-. The molecule has 2 aromatic carbocycles. The number of thioether (sulfide) groups is 1. The second-order valence-corrected chi connectivity index (χ2v) is 8.03. The third kappa shape index (κ3) is 4.16. The van der Waals surface area contributed by atoms with E-state index in [1.54, 1.807) is 35.2 Å². The van der Waals surface area contributed by atoms with Crippen LogP contribution >= 0.6 is 39.9 Å². The van der Waals surface area contributed by atoms with Gasteiger partial charge in [-0.25, -0.2) is 4.39 Å². The summed E-state index contributed by atoms with van der Waals surface area (Å²) in [7, 11) is 0. The van der Waals surface area contributed by atoms with E-state index in [0.29, 0.717) is 27.1 Å². The number of carbonyl (C=O) groups excluding carboxylic acids is 1. The molecule has 7 heteroatoms. The van der Waals surface area contributed by atoms with E-state index in [0.717, 1.165) is 10.0 Å². The number of nitrogens with zero attached hydrogens (tertiary/aromatic N) is 1. The van der Waals surface area contributed by atoms with E-state index in [-0.39, 0.29) is 18.3 Å². The molecular weight excluding hydrogens is 437 g/mol. The molecule has 3 nitrogen and oxygen atoms in total. The van der Waals surface area contributed by atoms with Crippen LogP contribution in [-0.4, -0.2) is 21.7 Å². The molecule has 0 spiro atoms. The fourth-order valence-electron chi connectivity index (χ4n) is 2.42. The van der Waals surface area contributed by atoms with Crippen LogP contribution in [0.25, 0.3) is 6.08 Å². The maximum atomic E-state index is 13.7. The molecule has 0 N–H and O–H groups in total. The number of hydrogen-bond donors (Lipinski definition) is 0. The van der Waals surface area contributed by atoms with Crippen molar-refractivity contribution in [3.8, 4) is 5.75 Å². The third-order valence-corrected chi connectivity index (χ3v) is 5.78. The molecule has 0 saturated carbocycles. The monoisotopic (exact) mass is 451 g/mol. The Morgan fingerprint density at radius 2 is 2.08 bits per heavy atom. The first-order valence-corrected chi connectivity index (χ1v) is 9.92. The topological polar surface area (TPSA) is 29.5 Å². The number of likely N-dealkylation sites (N-methyl/N-ethyl adjacent to an activating group) is 1. The average molecular weight is 452 g/mol. The zero-order valence-electron chi connectivity index (χ0n) is 13.9. The van der Waals surface area contributed by atoms with E-state index in [1.807, 2.05) is 19.1 Å². The summed E-state index contributed by atoms with van der Waals surface area (Å²) in [5.74, 6) is 0.239. The van der Waals surface area contributed by atoms with Gasteiger partial charge in [0.2, 0.25) is 0 Å². The van der Waals surface area contributed by atoms with Gasteiger partial charge < -0.3 is 4.74 Å². The summed E-state index contributed by atoms with van der Waals surface area (Å²) < 4.78 is 20.7. The molecular formula is C19H15BrFNO2S2. The molecule has 0 atom stereocenters. The molecule has 0 aromatic heterocycles. The number of amides is 1. The molecule has 1 heterocycles. The van der Waals surface area contributed by atoms with Crippen molar-refractivity contribution < 1.29 is 13.9 Å². The fourth-order valence-corrected chi connectivity index (χ4v) is 4.31. The molecule has 26 heavy (non-hydrogen) atoms. The zero-order chi connectivity index (χ0) is 18.7. The van der Waals surface area contributed by atoms with Gasteiger partial charge in [0.25, 0.3) is 5.91 Å². The average Bonchev–Trinajstić information content (AvgIpc) is 2.88. The minimum Gasteiger partial charge on any atom is -0.488 e. The first-order valence-electron chi connectivity index (χ1n) is 7.90. The number of rotatable bonds is 5. The van der Waals surface area contributed by atoms with Gasteiger partial charge in [-0.15, -0.1) is 0 Å². The van der Waals surface area contributed by atoms with E-state index in [4.69, 9.17) is 17.0 Å². The first-order chi connectivity index (χ1) is 12.5. The second-order valence-electron chi connectivity index (χ2n) is 5.50. The zero-order valence-corrected chi connectivity index (χ0v) is 17.1. The van der Waals surface area contributed by atoms with E-state index in [1.165, 1.54) is 17.8 Å². The number of carbonyl (C=O) groups is 1. The quantitative estimate of drug-likeness (QED) is 0.450. The molecule has 1 saturated heterocycles. The van der Waals surface area contributed by atoms with Crippen molar-refractivity contribution in [2.45, 2.75) is 13.5 Å². The molecule has 0 radical (unpaired) electrons. The predicted molar refractivity (Wildman–Crippen MR) is 110 cm³/mol. The van der Waals surface area contributed by atoms with Crippen LogP contribution in [0.1, 0.15) is 18.1 Å². The second kappa shape index (κ2) is 8.33. The van der Waals surface area contributed by atoms with Crippen LogP contribution in [0.15, 0.2) is 51.8 Å². The van der Waals surface area contributed by atoms with E-state index < -0.39 is 0 Å². The third-order valence-electron chi connectivity index (χ3n) is 3.78.